The molecule has 0 aliphatic heterocycles. The Labute approximate surface area is 114 Å². The average molecular weight is 361 g/mol. The van der Waals surface area contributed by atoms with Crippen molar-refractivity contribution < 1.29 is 14.6 Å². The van der Waals surface area contributed by atoms with Crippen molar-refractivity contribution in [2.24, 2.45) is 0 Å². The first-order valence-electron chi connectivity index (χ1n) is 4.60. The molecule has 0 aliphatic rings. The number of pyridine rings is 1. The minimum Gasteiger partial charge on any atom is -0.495 e. The van der Waals surface area contributed by atoms with E-state index in [1.807, 2.05) is 0 Å². The summed E-state index contributed by atoms with van der Waals surface area (Å²) in [5.41, 5.74) is 0.563. The molecule has 2 rings (SSSR count). The number of hydrogen-bond acceptors (Lipinski definition) is 3. The second-order valence-electron chi connectivity index (χ2n) is 3.27. The van der Waals surface area contributed by atoms with Gasteiger partial charge in [0.05, 0.1) is 17.1 Å². The van der Waals surface area contributed by atoms with Crippen molar-refractivity contribution in [1.82, 2.24) is 4.98 Å². The molecule has 0 bridgehead atoms. The van der Waals surface area contributed by atoms with Crippen LogP contribution in [0, 0.1) is 0 Å². The van der Waals surface area contributed by atoms with Gasteiger partial charge in [0.1, 0.15) is 11.4 Å². The second kappa shape index (κ2) is 4.62. The lowest BCUT2D eigenvalue weighted by atomic mass is 10.2. The first-order valence-corrected chi connectivity index (χ1v) is 6.19. The molecule has 1 aromatic heterocycles. The third kappa shape index (κ3) is 2.14. The number of benzene rings is 1. The molecule has 17 heavy (non-hydrogen) atoms. The molecular weight excluding hydrogens is 354 g/mol. The summed E-state index contributed by atoms with van der Waals surface area (Å²) in [4.78, 5) is 14.9. The van der Waals surface area contributed by atoms with Crippen LogP contribution in [0.4, 0.5) is 0 Å². The Balaban J connectivity index is 2.83. The van der Waals surface area contributed by atoms with E-state index >= 15 is 0 Å². The Hall–Kier alpha value is -1.14. The third-order valence-electron chi connectivity index (χ3n) is 2.26. The topological polar surface area (TPSA) is 59.4 Å². The summed E-state index contributed by atoms with van der Waals surface area (Å²) in [5.74, 6) is -0.423. The third-order valence-corrected chi connectivity index (χ3v) is 3.45. The van der Waals surface area contributed by atoms with Crippen LogP contribution in [0.5, 0.6) is 5.75 Å². The van der Waals surface area contributed by atoms with Crippen molar-refractivity contribution >= 4 is 48.7 Å². The van der Waals surface area contributed by atoms with Gasteiger partial charge in [-0.05, 0) is 50.1 Å². The quantitative estimate of drug-likeness (QED) is 0.890. The monoisotopic (exact) mass is 359 g/mol. The number of nitrogens with zero attached hydrogens (tertiary/aromatic N) is 1. The zero-order valence-electron chi connectivity index (χ0n) is 8.70. The van der Waals surface area contributed by atoms with Gasteiger partial charge >= 0.3 is 5.97 Å². The number of aromatic carboxylic acids is 1. The summed E-state index contributed by atoms with van der Waals surface area (Å²) < 4.78 is 6.75. The highest BCUT2D eigenvalue weighted by Crippen LogP contribution is 2.37. The van der Waals surface area contributed by atoms with E-state index in [1.54, 1.807) is 19.2 Å². The normalized spacial score (nSPS) is 10.5. The van der Waals surface area contributed by atoms with Crippen molar-refractivity contribution in [3.8, 4) is 5.75 Å². The maximum atomic E-state index is 10.9. The number of carboxylic acids is 1. The van der Waals surface area contributed by atoms with Gasteiger partial charge in [-0.3, -0.25) is 0 Å². The SMILES string of the molecule is COc1c(Br)cc(Br)c2nc(C(=O)O)ccc12. The summed E-state index contributed by atoms with van der Waals surface area (Å²) in [5, 5.41) is 9.65. The summed E-state index contributed by atoms with van der Waals surface area (Å²) in [6.07, 6.45) is 0. The van der Waals surface area contributed by atoms with Crippen LogP contribution < -0.4 is 4.74 Å². The largest absolute Gasteiger partial charge is 0.495 e. The van der Waals surface area contributed by atoms with Crippen LogP contribution in [0.3, 0.4) is 0 Å². The van der Waals surface area contributed by atoms with E-state index in [-0.39, 0.29) is 5.69 Å². The smallest absolute Gasteiger partial charge is 0.354 e. The maximum Gasteiger partial charge on any atom is 0.354 e. The molecule has 6 heteroatoms. The molecular formula is C11H7Br2NO3. The fraction of sp³-hybridized carbons (Fsp3) is 0.0909. The zero-order chi connectivity index (χ0) is 12.6. The molecule has 1 aromatic carbocycles. The summed E-state index contributed by atoms with van der Waals surface area (Å²) in [7, 11) is 1.55. The minimum atomic E-state index is -1.05. The van der Waals surface area contributed by atoms with Crippen LogP contribution in [-0.2, 0) is 0 Å². The van der Waals surface area contributed by atoms with E-state index in [4.69, 9.17) is 9.84 Å². The average Bonchev–Trinajstić information content (AvgIpc) is 2.29. The number of hydrogen-bond donors (Lipinski definition) is 1. The number of rotatable bonds is 2. The summed E-state index contributed by atoms with van der Waals surface area (Å²) in [6, 6.07) is 4.91. The van der Waals surface area contributed by atoms with E-state index < -0.39 is 5.97 Å². The lowest BCUT2D eigenvalue weighted by Crippen LogP contribution is -2.00. The number of aromatic nitrogens is 1. The molecule has 88 valence electrons. The van der Waals surface area contributed by atoms with Gasteiger partial charge in [-0.15, -0.1) is 0 Å². The highest BCUT2D eigenvalue weighted by atomic mass is 79.9. The van der Waals surface area contributed by atoms with E-state index in [1.165, 1.54) is 6.07 Å². The van der Waals surface area contributed by atoms with E-state index in [0.29, 0.717) is 15.7 Å². The van der Waals surface area contributed by atoms with Gasteiger partial charge in [0.2, 0.25) is 0 Å². The molecule has 0 fully saturated rings. The first-order chi connectivity index (χ1) is 8.04. The summed E-state index contributed by atoms with van der Waals surface area (Å²) >= 11 is 6.73. The Bertz CT molecular complexity index is 613. The van der Waals surface area contributed by atoms with Crippen LogP contribution in [0.25, 0.3) is 10.9 Å². The number of ether oxygens (including phenoxy) is 1. The second-order valence-corrected chi connectivity index (χ2v) is 4.98. The molecule has 1 N–H and O–H groups in total. The molecule has 0 radical (unpaired) electrons. The van der Waals surface area contributed by atoms with Crippen molar-refractivity contribution in [3.63, 3.8) is 0 Å². The van der Waals surface area contributed by atoms with Gasteiger partial charge in [0, 0.05) is 9.86 Å². The first kappa shape index (κ1) is 12.3. The Morgan fingerprint density at radius 3 is 2.65 bits per heavy atom. The molecule has 0 aliphatic carbocycles. The van der Waals surface area contributed by atoms with Crippen LogP contribution in [-0.4, -0.2) is 23.2 Å². The van der Waals surface area contributed by atoms with E-state index in [0.717, 1.165) is 9.86 Å². The molecule has 2 aromatic rings. The molecule has 0 saturated heterocycles. The Morgan fingerprint density at radius 2 is 2.06 bits per heavy atom. The van der Waals surface area contributed by atoms with Crippen LogP contribution in [0.15, 0.2) is 27.1 Å². The number of carbonyl (C=O) groups is 1. The zero-order valence-corrected chi connectivity index (χ0v) is 11.9. The summed E-state index contributed by atoms with van der Waals surface area (Å²) in [6.45, 7) is 0. The van der Waals surface area contributed by atoms with Crippen LogP contribution >= 0.6 is 31.9 Å². The van der Waals surface area contributed by atoms with Crippen molar-refractivity contribution in [2.75, 3.05) is 7.11 Å². The van der Waals surface area contributed by atoms with Crippen molar-refractivity contribution in [2.45, 2.75) is 0 Å². The van der Waals surface area contributed by atoms with Gasteiger partial charge in [-0.1, -0.05) is 0 Å². The highest BCUT2D eigenvalue weighted by molar-refractivity contribution is 9.11. The van der Waals surface area contributed by atoms with E-state index in [9.17, 15) is 4.79 Å². The van der Waals surface area contributed by atoms with E-state index in [2.05, 4.69) is 36.8 Å². The molecule has 0 saturated carbocycles. The highest BCUT2D eigenvalue weighted by Gasteiger charge is 2.13. The van der Waals surface area contributed by atoms with Crippen molar-refractivity contribution in [1.29, 1.82) is 0 Å². The molecule has 4 nitrogen and oxygen atoms in total. The molecule has 0 spiro atoms. The number of fused-ring (bicyclic) bond motifs is 1. The molecule has 1 heterocycles. The fourth-order valence-corrected chi connectivity index (χ4v) is 2.97. The Morgan fingerprint density at radius 1 is 1.35 bits per heavy atom. The minimum absolute atomic E-state index is 0.00238. The fourth-order valence-electron chi connectivity index (χ4n) is 1.52. The standard InChI is InChI=1S/C11H7Br2NO3/c1-17-10-5-2-3-8(11(15)16)14-9(5)6(12)4-7(10)13/h2-4H,1H3,(H,15,16). The lowest BCUT2D eigenvalue weighted by Gasteiger charge is -2.09. The number of methoxy groups -OCH3 is 1. The molecule has 0 atom stereocenters. The van der Waals surface area contributed by atoms with Crippen molar-refractivity contribution in [3.05, 3.63) is 32.8 Å². The van der Waals surface area contributed by atoms with Gasteiger partial charge < -0.3 is 9.84 Å². The van der Waals surface area contributed by atoms with Gasteiger partial charge in [0.15, 0.2) is 0 Å². The molecule has 0 unspecified atom stereocenters. The Kier molecular flexibility index (Phi) is 3.35. The van der Waals surface area contributed by atoms with Crippen LogP contribution in [0.2, 0.25) is 0 Å². The lowest BCUT2D eigenvalue weighted by molar-refractivity contribution is 0.0691. The van der Waals surface area contributed by atoms with Gasteiger partial charge in [-0.2, -0.15) is 0 Å². The van der Waals surface area contributed by atoms with Gasteiger partial charge in [-0.25, -0.2) is 9.78 Å². The molecule has 0 amide bonds. The predicted octanol–water partition coefficient (Wildman–Crippen LogP) is 3.47. The van der Waals surface area contributed by atoms with Gasteiger partial charge in [0.25, 0.3) is 0 Å². The van der Waals surface area contributed by atoms with Crippen LogP contribution in [0.1, 0.15) is 10.5 Å². The number of halogens is 2. The predicted molar refractivity (Wildman–Crippen MR) is 70.7 cm³/mol. The maximum absolute atomic E-state index is 10.9. The number of carboxylic acid groups (broad SMARTS) is 1.